The van der Waals surface area contributed by atoms with Crippen LogP contribution in [0.25, 0.3) is 10.9 Å². The van der Waals surface area contributed by atoms with Crippen LogP contribution in [0.5, 0.6) is 5.75 Å². The largest absolute Gasteiger partial charge is 0.497 e. The maximum atomic E-state index is 15.5. The Morgan fingerprint density at radius 3 is 2.59 bits per heavy atom. The number of halogens is 2. The molecule has 0 radical (unpaired) electrons. The normalized spacial score (nSPS) is 13.0. The molecule has 2 aromatic carbocycles. The van der Waals surface area contributed by atoms with Crippen molar-refractivity contribution in [2.45, 2.75) is 26.6 Å². The molecule has 6 nitrogen and oxygen atoms in total. The number of hydrogen-bond acceptors (Lipinski definition) is 4. The van der Waals surface area contributed by atoms with Gasteiger partial charge in [0.2, 0.25) is 5.43 Å². The molecular weight excluding hydrogens is 382 g/mol. The number of carboxylic acid groups (broad SMARTS) is 1. The third-order valence-electron chi connectivity index (χ3n) is 5.25. The van der Waals surface area contributed by atoms with E-state index in [-0.39, 0.29) is 29.7 Å². The number of carbonyl (C=O) groups is 1. The zero-order valence-corrected chi connectivity index (χ0v) is 15.8. The zero-order valence-electron chi connectivity index (χ0n) is 15.8. The van der Waals surface area contributed by atoms with Crippen molar-refractivity contribution < 1.29 is 23.4 Å². The van der Waals surface area contributed by atoms with Crippen molar-refractivity contribution in [3.63, 3.8) is 0 Å². The van der Waals surface area contributed by atoms with Crippen LogP contribution in [0, 0.1) is 11.6 Å². The quantitative estimate of drug-likeness (QED) is 0.726. The summed E-state index contributed by atoms with van der Waals surface area (Å²) in [6.07, 6.45) is 1.10. The lowest BCUT2D eigenvalue weighted by Crippen LogP contribution is -2.22. The molecule has 0 unspecified atom stereocenters. The van der Waals surface area contributed by atoms with Crippen molar-refractivity contribution in [2.24, 2.45) is 0 Å². The predicted molar refractivity (Wildman–Crippen MR) is 104 cm³/mol. The lowest BCUT2D eigenvalue weighted by Gasteiger charge is -2.21. The molecule has 2 heterocycles. The van der Waals surface area contributed by atoms with E-state index in [1.807, 2.05) is 12.1 Å². The third kappa shape index (κ3) is 2.91. The van der Waals surface area contributed by atoms with Gasteiger partial charge >= 0.3 is 5.97 Å². The number of methoxy groups -OCH3 is 1. The molecule has 0 atom stereocenters. The number of benzene rings is 2. The molecule has 0 fully saturated rings. The number of fused-ring (bicyclic) bond motifs is 2. The predicted octanol–water partition coefficient (Wildman–Crippen LogP) is 3.53. The fourth-order valence-electron chi connectivity index (χ4n) is 3.82. The van der Waals surface area contributed by atoms with E-state index in [2.05, 4.69) is 0 Å². The first-order valence-electron chi connectivity index (χ1n) is 9.04. The fourth-order valence-corrected chi connectivity index (χ4v) is 3.82. The number of carboxylic acids is 1. The fraction of sp³-hybridized carbons (Fsp3) is 0.238. The molecule has 0 saturated heterocycles. The lowest BCUT2D eigenvalue weighted by molar-refractivity contribution is 0.0695. The summed E-state index contributed by atoms with van der Waals surface area (Å²) in [4.78, 5) is 25.4. The first-order chi connectivity index (χ1) is 13.8. The van der Waals surface area contributed by atoms with E-state index >= 15 is 4.39 Å². The van der Waals surface area contributed by atoms with Gasteiger partial charge in [0.1, 0.15) is 22.8 Å². The average molecular weight is 400 g/mol. The first-order valence-corrected chi connectivity index (χ1v) is 9.04. The van der Waals surface area contributed by atoms with Gasteiger partial charge < -0.3 is 19.3 Å². The van der Waals surface area contributed by atoms with Crippen LogP contribution < -0.4 is 15.1 Å². The topological polar surface area (TPSA) is 71.8 Å². The molecule has 1 aliphatic heterocycles. The van der Waals surface area contributed by atoms with Crippen molar-refractivity contribution in [1.82, 2.24) is 4.57 Å². The molecule has 29 heavy (non-hydrogen) atoms. The van der Waals surface area contributed by atoms with Crippen molar-refractivity contribution in [3.05, 3.63) is 69.0 Å². The molecule has 8 heteroatoms. The van der Waals surface area contributed by atoms with E-state index in [9.17, 15) is 19.1 Å². The average Bonchev–Trinajstić information content (AvgIpc) is 3.10. The van der Waals surface area contributed by atoms with E-state index in [1.54, 1.807) is 25.0 Å². The van der Waals surface area contributed by atoms with Crippen molar-refractivity contribution >= 4 is 22.6 Å². The molecule has 150 valence electrons. The first kappa shape index (κ1) is 18.9. The number of aryl methyl sites for hydroxylation is 1. The monoisotopic (exact) mass is 400 g/mol. The third-order valence-corrected chi connectivity index (χ3v) is 5.25. The smallest absolute Gasteiger partial charge is 0.341 e. The summed E-state index contributed by atoms with van der Waals surface area (Å²) >= 11 is 0. The summed E-state index contributed by atoms with van der Waals surface area (Å²) in [7, 11) is 1.55. The van der Waals surface area contributed by atoms with Gasteiger partial charge in [-0.05, 0) is 36.2 Å². The minimum Gasteiger partial charge on any atom is -0.497 e. The Labute approximate surface area is 164 Å². The van der Waals surface area contributed by atoms with E-state index in [0.29, 0.717) is 12.3 Å². The van der Waals surface area contributed by atoms with E-state index in [4.69, 9.17) is 4.74 Å². The summed E-state index contributed by atoms with van der Waals surface area (Å²) in [5.41, 5.74) is 0.0588. The van der Waals surface area contributed by atoms with E-state index < -0.39 is 28.6 Å². The van der Waals surface area contributed by atoms with Crippen LogP contribution in [0.1, 0.15) is 28.4 Å². The van der Waals surface area contributed by atoms with Gasteiger partial charge in [-0.2, -0.15) is 0 Å². The highest BCUT2D eigenvalue weighted by atomic mass is 19.1. The van der Waals surface area contributed by atoms with Crippen LogP contribution >= 0.6 is 0 Å². The van der Waals surface area contributed by atoms with Gasteiger partial charge in [-0.1, -0.05) is 6.07 Å². The summed E-state index contributed by atoms with van der Waals surface area (Å²) in [6.45, 7) is 2.50. The number of hydrogen-bond donors (Lipinski definition) is 1. The number of ether oxygens (including phenoxy) is 1. The van der Waals surface area contributed by atoms with Gasteiger partial charge in [-0.3, -0.25) is 4.79 Å². The highest BCUT2D eigenvalue weighted by Gasteiger charge is 2.28. The van der Waals surface area contributed by atoms with E-state index in [1.165, 1.54) is 4.57 Å². The molecule has 1 aromatic heterocycles. The second kappa shape index (κ2) is 6.88. The van der Waals surface area contributed by atoms with Gasteiger partial charge in [0, 0.05) is 25.8 Å². The van der Waals surface area contributed by atoms with Crippen LogP contribution in [0.15, 0.2) is 35.3 Å². The molecule has 3 aromatic rings. The molecular formula is C21H18F2N2O4. The number of aromatic carboxylic acids is 1. The maximum absolute atomic E-state index is 15.5. The number of rotatable bonds is 4. The van der Waals surface area contributed by atoms with Gasteiger partial charge in [-0.15, -0.1) is 0 Å². The molecule has 0 amide bonds. The Morgan fingerprint density at radius 1 is 1.21 bits per heavy atom. The van der Waals surface area contributed by atoms with Gasteiger partial charge in [0.05, 0.1) is 18.0 Å². The van der Waals surface area contributed by atoms with Gasteiger partial charge in [-0.25, -0.2) is 13.6 Å². The minimum absolute atomic E-state index is 0.104. The number of nitrogens with zero attached hydrogens (tertiary/aromatic N) is 2. The van der Waals surface area contributed by atoms with Crippen LogP contribution in [-0.4, -0.2) is 22.8 Å². The summed E-state index contributed by atoms with van der Waals surface area (Å²) in [5.74, 6) is -2.56. The number of pyridine rings is 1. The van der Waals surface area contributed by atoms with Crippen molar-refractivity contribution in [1.29, 1.82) is 0 Å². The molecule has 1 N–H and O–H groups in total. The second-order valence-electron chi connectivity index (χ2n) is 6.87. The second-order valence-corrected chi connectivity index (χ2v) is 6.87. The van der Waals surface area contributed by atoms with Crippen LogP contribution in [0.4, 0.5) is 14.5 Å². The van der Waals surface area contributed by atoms with Crippen molar-refractivity contribution in [3.8, 4) is 5.75 Å². The molecule has 0 bridgehead atoms. The Morgan fingerprint density at radius 2 is 1.93 bits per heavy atom. The number of anilines is 1. The van der Waals surface area contributed by atoms with Crippen LogP contribution in [0.2, 0.25) is 0 Å². The molecule has 0 spiro atoms. The highest BCUT2D eigenvalue weighted by molar-refractivity contribution is 5.93. The van der Waals surface area contributed by atoms with Crippen LogP contribution in [0.3, 0.4) is 0 Å². The molecule has 4 rings (SSSR count). The van der Waals surface area contributed by atoms with Crippen molar-refractivity contribution in [2.75, 3.05) is 12.0 Å². The van der Waals surface area contributed by atoms with Gasteiger partial charge in [0.25, 0.3) is 0 Å². The lowest BCUT2D eigenvalue weighted by atomic mass is 10.1. The SMILES string of the molecule is CCn1cc(C(=O)O)c(=O)c2cc(F)c(N3Cc4ccc(OC)cc4C3)c(F)c21. The molecule has 1 aliphatic rings. The van der Waals surface area contributed by atoms with E-state index in [0.717, 1.165) is 23.4 Å². The molecule has 0 aliphatic carbocycles. The van der Waals surface area contributed by atoms with Crippen LogP contribution in [-0.2, 0) is 19.6 Å². The Kier molecular flexibility index (Phi) is 4.49. The maximum Gasteiger partial charge on any atom is 0.341 e. The van der Waals surface area contributed by atoms with Gasteiger partial charge in [0.15, 0.2) is 5.82 Å². The Hall–Kier alpha value is -3.42. The molecule has 0 saturated carbocycles. The standard InChI is InChI=1S/C21H18F2N2O4/c1-3-24-10-15(21(27)28)20(26)14-7-16(22)19(17(23)18(14)24)25-8-11-4-5-13(29-2)6-12(11)9-25/h4-7,10H,3,8-9H2,1-2H3,(H,27,28). The highest BCUT2D eigenvalue weighted by Crippen LogP contribution is 2.36. The summed E-state index contributed by atoms with van der Waals surface area (Å²) in [5, 5.41) is 8.95. The zero-order chi connectivity index (χ0) is 20.9. The Bertz CT molecular complexity index is 1220. The minimum atomic E-state index is -1.44. The Balaban J connectivity index is 1.90. The number of aromatic nitrogens is 1. The summed E-state index contributed by atoms with van der Waals surface area (Å²) in [6, 6.07) is 6.40. The summed E-state index contributed by atoms with van der Waals surface area (Å²) < 4.78 is 37.0.